The molecule has 1 rings (SSSR count). The Kier molecular flexibility index (Phi) is 4.24. The fourth-order valence-corrected chi connectivity index (χ4v) is 1.41. The lowest BCUT2D eigenvalue weighted by Crippen LogP contribution is -2.52. The van der Waals surface area contributed by atoms with Gasteiger partial charge in [0.05, 0.1) is 25.9 Å². The molecule has 14 heavy (non-hydrogen) atoms. The summed E-state index contributed by atoms with van der Waals surface area (Å²) in [6.45, 7) is -0.430. The molecule has 0 bridgehead atoms. The summed E-state index contributed by atoms with van der Waals surface area (Å²) in [5.41, 5.74) is 0. The summed E-state index contributed by atoms with van der Waals surface area (Å²) >= 11 is 0. The highest BCUT2D eigenvalue weighted by Gasteiger charge is 2.36. The fourth-order valence-electron chi connectivity index (χ4n) is 1.41. The molecule has 5 atom stereocenters. The first-order valence-corrected chi connectivity index (χ1v) is 4.48. The van der Waals surface area contributed by atoms with Crippen LogP contribution in [0.1, 0.15) is 0 Å². The standard InChI is InChI=1S/C8H16O6/c9-1-4-2-14-3-5(10)7(12)8(13)6(4)11/h4-13H,1-3H2. The Morgan fingerprint density at radius 2 is 1.57 bits per heavy atom. The van der Waals surface area contributed by atoms with E-state index in [4.69, 9.17) is 9.84 Å². The van der Waals surface area contributed by atoms with Crippen LogP contribution in [0.5, 0.6) is 0 Å². The molecule has 6 nitrogen and oxygen atoms in total. The van der Waals surface area contributed by atoms with E-state index in [1.165, 1.54) is 0 Å². The molecule has 0 aliphatic carbocycles. The second-order valence-corrected chi connectivity index (χ2v) is 3.52. The molecule has 0 aromatic rings. The summed E-state index contributed by atoms with van der Waals surface area (Å²) in [6, 6.07) is 0. The maximum atomic E-state index is 9.47. The van der Waals surface area contributed by atoms with Crippen molar-refractivity contribution in [3.8, 4) is 0 Å². The molecule has 0 saturated carbocycles. The number of hydrogen-bond acceptors (Lipinski definition) is 6. The molecule has 1 saturated heterocycles. The highest BCUT2D eigenvalue weighted by Crippen LogP contribution is 2.16. The minimum absolute atomic E-state index is 0.0402. The van der Waals surface area contributed by atoms with Crippen LogP contribution in [0.15, 0.2) is 0 Å². The largest absolute Gasteiger partial charge is 0.396 e. The second-order valence-electron chi connectivity index (χ2n) is 3.52. The summed E-state index contributed by atoms with van der Waals surface area (Å²) in [4.78, 5) is 0. The molecule has 0 radical (unpaired) electrons. The monoisotopic (exact) mass is 208 g/mol. The van der Waals surface area contributed by atoms with E-state index in [0.29, 0.717) is 0 Å². The molecule has 0 amide bonds. The normalized spacial score (nSPS) is 45.6. The Balaban J connectivity index is 2.67. The minimum atomic E-state index is -1.47. The number of rotatable bonds is 1. The van der Waals surface area contributed by atoms with Gasteiger partial charge < -0.3 is 30.3 Å². The number of hydrogen-bond donors (Lipinski definition) is 5. The minimum Gasteiger partial charge on any atom is -0.396 e. The Morgan fingerprint density at radius 1 is 0.929 bits per heavy atom. The molecule has 0 spiro atoms. The quantitative estimate of drug-likeness (QED) is 0.315. The van der Waals surface area contributed by atoms with Gasteiger partial charge in [0.1, 0.15) is 18.3 Å². The zero-order chi connectivity index (χ0) is 10.7. The van der Waals surface area contributed by atoms with Gasteiger partial charge in [-0.2, -0.15) is 0 Å². The van der Waals surface area contributed by atoms with Crippen LogP contribution in [-0.2, 0) is 4.74 Å². The molecule has 1 aliphatic rings. The van der Waals surface area contributed by atoms with Crippen LogP contribution in [0.3, 0.4) is 0 Å². The summed E-state index contributed by atoms with van der Waals surface area (Å²) < 4.78 is 4.94. The van der Waals surface area contributed by atoms with Crippen molar-refractivity contribution in [2.24, 2.45) is 5.92 Å². The van der Waals surface area contributed by atoms with E-state index < -0.39 is 30.3 Å². The van der Waals surface area contributed by atoms with Gasteiger partial charge in [-0.1, -0.05) is 0 Å². The Bertz CT molecular complexity index is 169. The van der Waals surface area contributed by atoms with Crippen LogP contribution in [0, 0.1) is 5.92 Å². The van der Waals surface area contributed by atoms with Crippen molar-refractivity contribution in [3.63, 3.8) is 0 Å². The third-order valence-electron chi connectivity index (χ3n) is 2.43. The SMILES string of the molecule is OCC1COCC(O)C(O)C(O)C1O. The average Bonchev–Trinajstić information content (AvgIpc) is 2.20. The van der Waals surface area contributed by atoms with E-state index in [9.17, 15) is 20.4 Å². The third-order valence-corrected chi connectivity index (χ3v) is 2.43. The van der Waals surface area contributed by atoms with Crippen molar-refractivity contribution in [2.45, 2.75) is 24.4 Å². The van der Waals surface area contributed by atoms with Crippen molar-refractivity contribution < 1.29 is 30.3 Å². The van der Waals surface area contributed by atoms with E-state index in [-0.39, 0.29) is 19.8 Å². The molecule has 0 aromatic carbocycles. The van der Waals surface area contributed by atoms with Gasteiger partial charge in [-0.3, -0.25) is 0 Å². The van der Waals surface area contributed by atoms with Crippen molar-refractivity contribution >= 4 is 0 Å². The molecular formula is C8H16O6. The topological polar surface area (TPSA) is 110 Å². The van der Waals surface area contributed by atoms with Crippen molar-refractivity contribution in [3.05, 3.63) is 0 Å². The van der Waals surface area contributed by atoms with Gasteiger partial charge >= 0.3 is 0 Å². The molecule has 5 N–H and O–H groups in total. The van der Waals surface area contributed by atoms with Gasteiger partial charge in [-0.05, 0) is 0 Å². The van der Waals surface area contributed by atoms with E-state index in [1.807, 2.05) is 0 Å². The van der Waals surface area contributed by atoms with Crippen LogP contribution in [0.4, 0.5) is 0 Å². The van der Waals surface area contributed by atoms with Crippen molar-refractivity contribution in [1.82, 2.24) is 0 Å². The summed E-state index contributed by atoms with van der Waals surface area (Å²) in [7, 11) is 0. The van der Waals surface area contributed by atoms with Crippen LogP contribution >= 0.6 is 0 Å². The fraction of sp³-hybridized carbons (Fsp3) is 1.00. The predicted molar refractivity (Wildman–Crippen MR) is 45.4 cm³/mol. The summed E-state index contributed by atoms with van der Waals surface area (Å²) in [5.74, 6) is -0.646. The maximum Gasteiger partial charge on any atom is 0.111 e. The first kappa shape index (κ1) is 11.8. The molecule has 0 aromatic heterocycles. The first-order valence-electron chi connectivity index (χ1n) is 4.48. The lowest BCUT2D eigenvalue weighted by atomic mass is 9.93. The van der Waals surface area contributed by atoms with Crippen LogP contribution in [-0.4, -0.2) is 69.8 Å². The molecule has 1 fully saturated rings. The second kappa shape index (κ2) is 5.01. The number of ether oxygens (including phenoxy) is 1. The van der Waals surface area contributed by atoms with Gasteiger partial charge in [0.15, 0.2) is 0 Å². The smallest absolute Gasteiger partial charge is 0.111 e. The Labute approximate surface area is 81.4 Å². The average molecular weight is 208 g/mol. The highest BCUT2D eigenvalue weighted by molar-refractivity contribution is 4.86. The van der Waals surface area contributed by atoms with E-state index in [0.717, 1.165) is 0 Å². The van der Waals surface area contributed by atoms with Crippen molar-refractivity contribution in [1.29, 1.82) is 0 Å². The molecular weight excluding hydrogens is 192 g/mol. The van der Waals surface area contributed by atoms with Crippen LogP contribution in [0.2, 0.25) is 0 Å². The van der Waals surface area contributed by atoms with Gasteiger partial charge in [0, 0.05) is 5.92 Å². The summed E-state index contributed by atoms with van der Waals surface area (Å²) in [5, 5.41) is 46.3. The van der Waals surface area contributed by atoms with Gasteiger partial charge in [-0.15, -0.1) is 0 Å². The van der Waals surface area contributed by atoms with Gasteiger partial charge in [-0.25, -0.2) is 0 Å². The van der Waals surface area contributed by atoms with Gasteiger partial charge in [0.25, 0.3) is 0 Å². The molecule has 1 aliphatic heterocycles. The van der Waals surface area contributed by atoms with Crippen LogP contribution in [0.25, 0.3) is 0 Å². The first-order chi connectivity index (χ1) is 6.57. The predicted octanol–water partition coefficient (Wildman–Crippen LogP) is -2.93. The summed E-state index contributed by atoms with van der Waals surface area (Å²) in [6.07, 6.45) is -5.45. The zero-order valence-electron chi connectivity index (χ0n) is 7.65. The zero-order valence-corrected chi connectivity index (χ0v) is 7.65. The molecule has 1 heterocycles. The number of aliphatic hydroxyl groups excluding tert-OH is 5. The Morgan fingerprint density at radius 3 is 2.14 bits per heavy atom. The highest BCUT2D eigenvalue weighted by atomic mass is 16.5. The van der Waals surface area contributed by atoms with E-state index >= 15 is 0 Å². The lowest BCUT2D eigenvalue weighted by Gasteiger charge is -2.33. The third kappa shape index (κ3) is 2.41. The lowest BCUT2D eigenvalue weighted by molar-refractivity contribution is -0.164. The molecule has 6 heteroatoms. The van der Waals surface area contributed by atoms with Crippen LogP contribution < -0.4 is 0 Å². The van der Waals surface area contributed by atoms with Gasteiger partial charge in [0.2, 0.25) is 0 Å². The van der Waals surface area contributed by atoms with Crippen molar-refractivity contribution in [2.75, 3.05) is 19.8 Å². The maximum absolute atomic E-state index is 9.47. The Hall–Kier alpha value is -0.240. The molecule has 5 unspecified atom stereocenters. The van der Waals surface area contributed by atoms with E-state index in [1.54, 1.807) is 0 Å². The molecule has 84 valence electrons. The van der Waals surface area contributed by atoms with E-state index in [2.05, 4.69) is 0 Å². The number of aliphatic hydroxyl groups is 5.